The molecule has 1 atom stereocenters. The standard InChI is InChI=1S/C10H18N2OS2/c1-3-12-10(2,8-13)4-6-14-9-11-5-7-15-9/h5,7,12-13H,3-4,6,8H2,1-2H3. The second-order valence-electron chi connectivity index (χ2n) is 3.65. The van der Waals surface area contributed by atoms with Crippen LogP contribution in [-0.2, 0) is 0 Å². The van der Waals surface area contributed by atoms with Gasteiger partial charge in [0, 0.05) is 22.9 Å². The number of aromatic nitrogens is 1. The van der Waals surface area contributed by atoms with Gasteiger partial charge in [0.05, 0.1) is 6.61 Å². The molecule has 2 N–H and O–H groups in total. The Hall–Kier alpha value is -0.100. The summed E-state index contributed by atoms with van der Waals surface area (Å²) in [6, 6.07) is 0. The smallest absolute Gasteiger partial charge is 0.149 e. The van der Waals surface area contributed by atoms with E-state index in [-0.39, 0.29) is 12.1 Å². The Balaban J connectivity index is 2.28. The molecule has 1 unspecified atom stereocenters. The number of aliphatic hydroxyl groups is 1. The Morgan fingerprint density at radius 3 is 3.00 bits per heavy atom. The summed E-state index contributed by atoms with van der Waals surface area (Å²) >= 11 is 3.41. The lowest BCUT2D eigenvalue weighted by molar-refractivity contribution is 0.173. The van der Waals surface area contributed by atoms with Gasteiger partial charge in [-0.25, -0.2) is 4.98 Å². The van der Waals surface area contributed by atoms with E-state index in [1.165, 1.54) is 0 Å². The van der Waals surface area contributed by atoms with Crippen molar-refractivity contribution >= 4 is 23.1 Å². The van der Waals surface area contributed by atoms with E-state index in [0.717, 1.165) is 23.1 Å². The fourth-order valence-corrected chi connectivity index (χ4v) is 3.21. The second kappa shape index (κ2) is 6.48. The molecule has 0 aliphatic carbocycles. The number of thiazole rings is 1. The van der Waals surface area contributed by atoms with E-state index < -0.39 is 0 Å². The number of nitrogens with zero attached hydrogens (tertiary/aromatic N) is 1. The number of hydrogen-bond acceptors (Lipinski definition) is 5. The van der Waals surface area contributed by atoms with E-state index >= 15 is 0 Å². The van der Waals surface area contributed by atoms with E-state index in [1.54, 1.807) is 23.1 Å². The molecule has 15 heavy (non-hydrogen) atoms. The van der Waals surface area contributed by atoms with Crippen molar-refractivity contribution < 1.29 is 5.11 Å². The number of hydrogen-bond donors (Lipinski definition) is 2. The maximum absolute atomic E-state index is 9.29. The maximum Gasteiger partial charge on any atom is 0.149 e. The van der Waals surface area contributed by atoms with Crippen LogP contribution in [0.2, 0.25) is 0 Å². The number of aliphatic hydroxyl groups excluding tert-OH is 1. The molecule has 1 aromatic heterocycles. The Kier molecular flexibility index (Phi) is 5.60. The van der Waals surface area contributed by atoms with Gasteiger partial charge in [0.25, 0.3) is 0 Å². The van der Waals surface area contributed by atoms with Gasteiger partial charge >= 0.3 is 0 Å². The van der Waals surface area contributed by atoms with Gasteiger partial charge in [0.15, 0.2) is 0 Å². The summed E-state index contributed by atoms with van der Waals surface area (Å²) in [5.74, 6) is 0.984. The van der Waals surface area contributed by atoms with Crippen molar-refractivity contribution in [1.82, 2.24) is 10.3 Å². The van der Waals surface area contributed by atoms with Gasteiger partial charge in [-0.05, 0) is 19.9 Å². The molecule has 0 saturated carbocycles. The Labute approximate surface area is 99.3 Å². The zero-order chi connectivity index (χ0) is 11.1. The van der Waals surface area contributed by atoms with E-state index in [9.17, 15) is 5.11 Å². The lowest BCUT2D eigenvalue weighted by Gasteiger charge is -2.27. The summed E-state index contributed by atoms with van der Waals surface area (Å²) in [7, 11) is 0. The van der Waals surface area contributed by atoms with Gasteiger partial charge in [-0.3, -0.25) is 0 Å². The fourth-order valence-electron chi connectivity index (χ4n) is 1.30. The van der Waals surface area contributed by atoms with E-state index in [2.05, 4.69) is 24.1 Å². The van der Waals surface area contributed by atoms with Crippen LogP contribution in [-0.4, -0.2) is 34.5 Å². The first-order chi connectivity index (χ1) is 7.20. The van der Waals surface area contributed by atoms with Crippen molar-refractivity contribution in [1.29, 1.82) is 0 Å². The molecule has 1 aromatic rings. The average Bonchev–Trinajstić information content (AvgIpc) is 2.71. The first kappa shape index (κ1) is 13.0. The summed E-state index contributed by atoms with van der Waals surface area (Å²) in [4.78, 5) is 4.21. The van der Waals surface area contributed by atoms with Crippen LogP contribution in [0.25, 0.3) is 0 Å². The summed E-state index contributed by atoms with van der Waals surface area (Å²) in [5.41, 5.74) is -0.154. The highest BCUT2D eigenvalue weighted by molar-refractivity contribution is 8.00. The predicted octanol–water partition coefficient (Wildman–Crippen LogP) is 1.99. The molecular weight excluding hydrogens is 228 g/mol. The quantitative estimate of drug-likeness (QED) is 0.722. The van der Waals surface area contributed by atoms with Gasteiger partial charge < -0.3 is 10.4 Å². The minimum atomic E-state index is -0.154. The minimum Gasteiger partial charge on any atom is -0.394 e. The SMILES string of the molecule is CCNC(C)(CO)CCSc1nccs1. The van der Waals surface area contributed by atoms with Gasteiger partial charge in [0.2, 0.25) is 0 Å². The molecule has 0 aromatic carbocycles. The van der Waals surface area contributed by atoms with E-state index in [1.807, 2.05) is 11.6 Å². The molecule has 0 bridgehead atoms. The van der Waals surface area contributed by atoms with Crippen LogP contribution >= 0.6 is 23.1 Å². The highest BCUT2D eigenvalue weighted by atomic mass is 32.2. The van der Waals surface area contributed by atoms with Crippen LogP contribution in [0.5, 0.6) is 0 Å². The van der Waals surface area contributed by atoms with Crippen molar-refractivity contribution in [3.63, 3.8) is 0 Å². The largest absolute Gasteiger partial charge is 0.394 e. The summed E-state index contributed by atoms with van der Waals surface area (Å²) < 4.78 is 1.10. The average molecular weight is 246 g/mol. The molecule has 1 heterocycles. The lowest BCUT2D eigenvalue weighted by atomic mass is 10.0. The topological polar surface area (TPSA) is 45.1 Å². The number of rotatable bonds is 7. The lowest BCUT2D eigenvalue weighted by Crippen LogP contribution is -2.46. The molecule has 3 nitrogen and oxygen atoms in total. The minimum absolute atomic E-state index is 0.154. The van der Waals surface area contributed by atoms with Crippen molar-refractivity contribution in [2.75, 3.05) is 18.9 Å². The molecule has 0 amide bonds. The molecule has 0 aliphatic rings. The molecule has 0 radical (unpaired) electrons. The molecule has 86 valence electrons. The van der Waals surface area contributed by atoms with Crippen molar-refractivity contribution in [3.05, 3.63) is 11.6 Å². The van der Waals surface area contributed by atoms with Crippen LogP contribution in [0.1, 0.15) is 20.3 Å². The molecule has 0 fully saturated rings. The van der Waals surface area contributed by atoms with Crippen molar-refractivity contribution in [2.24, 2.45) is 0 Å². The third kappa shape index (κ3) is 4.51. The van der Waals surface area contributed by atoms with Crippen LogP contribution in [0.15, 0.2) is 15.9 Å². The molecule has 1 rings (SSSR count). The molecule has 0 aliphatic heterocycles. The Morgan fingerprint density at radius 1 is 1.67 bits per heavy atom. The van der Waals surface area contributed by atoms with E-state index in [0.29, 0.717) is 0 Å². The molecule has 0 spiro atoms. The monoisotopic (exact) mass is 246 g/mol. The predicted molar refractivity (Wildman–Crippen MR) is 66.6 cm³/mol. The maximum atomic E-state index is 9.29. The van der Waals surface area contributed by atoms with Gasteiger partial charge in [-0.1, -0.05) is 18.7 Å². The van der Waals surface area contributed by atoms with E-state index in [4.69, 9.17) is 0 Å². The molecule has 5 heteroatoms. The third-order valence-electron chi connectivity index (χ3n) is 2.24. The second-order valence-corrected chi connectivity index (χ2v) is 5.88. The van der Waals surface area contributed by atoms with Gasteiger partial charge in [-0.2, -0.15) is 0 Å². The number of nitrogens with one attached hydrogen (secondary N) is 1. The van der Waals surface area contributed by atoms with Crippen LogP contribution in [0.3, 0.4) is 0 Å². The Bertz CT molecular complexity index is 266. The number of likely N-dealkylation sites (N-methyl/N-ethyl adjacent to an activating group) is 1. The first-order valence-electron chi connectivity index (χ1n) is 5.08. The molecular formula is C10H18N2OS2. The first-order valence-corrected chi connectivity index (χ1v) is 6.95. The summed E-state index contributed by atoms with van der Waals surface area (Å²) in [6.45, 7) is 5.18. The highest BCUT2D eigenvalue weighted by Gasteiger charge is 2.21. The van der Waals surface area contributed by atoms with Crippen molar-refractivity contribution in [2.45, 2.75) is 30.1 Å². The van der Waals surface area contributed by atoms with Crippen molar-refractivity contribution in [3.8, 4) is 0 Å². The highest BCUT2D eigenvalue weighted by Crippen LogP contribution is 2.23. The van der Waals surface area contributed by atoms with Crippen LogP contribution in [0.4, 0.5) is 0 Å². The fraction of sp³-hybridized carbons (Fsp3) is 0.700. The van der Waals surface area contributed by atoms with Crippen LogP contribution in [0, 0.1) is 0 Å². The third-order valence-corrected chi connectivity index (χ3v) is 4.21. The van der Waals surface area contributed by atoms with Gasteiger partial charge in [0.1, 0.15) is 4.34 Å². The Morgan fingerprint density at radius 2 is 2.47 bits per heavy atom. The van der Waals surface area contributed by atoms with Gasteiger partial charge in [-0.15, -0.1) is 11.3 Å². The zero-order valence-electron chi connectivity index (χ0n) is 9.19. The summed E-state index contributed by atoms with van der Waals surface area (Å²) in [5, 5.41) is 14.6. The summed E-state index contributed by atoms with van der Waals surface area (Å²) in [6.07, 6.45) is 2.77. The normalized spacial score (nSPS) is 15.1. The number of thioether (sulfide) groups is 1. The van der Waals surface area contributed by atoms with Crippen LogP contribution < -0.4 is 5.32 Å². The zero-order valence-corrected chi connectivity index (χ0v) is 10.8. The molecule has 0 saturated heterocycles.